The van der Waals surface area contributed by atoms with Crippen LogP contribution in [0.5, 0.6) is 0 Å². The van der Waals surface area contributed by atoms with E-state index in [4.69, 9.17) is 9.47 Å². The summed E-state index contributed by atoms with van der Waals surface area (Å²) in [6.07, 6.45) is 4.93. The van der Waals surface area contributed by atoms with E-state index in [0.29, 0.717) is 31.3 Å². The summed E-state index contributed by atoms with van der Waals surface area (Å²) in [7, 11) is 0. The number of Topliss-reactive ketones (excluding diaryl/α,β-unsaturated/α-hetero) is 1. The van der Waals surface area contributed by atoms with Crippen LogP contribution in [0.2, 0.25) is 0 Å². The topological polar surface area (TPSA) is 107 Å². The maximum absolute atomic E-state index is 17.4. The highest BCUT2D eigenvalue weighted by atomic mass is 19.1. The Morgan fingerprint density at radius 3 is 2.51 bits per heavy atom. The number of halogens is 1. The second-order valence-electron chi connectivity index (χ2n) is 11.8. The number of ketones is 2. The molecular weight excluding hydrogens is 479 g/mol. The lowest BCUT2D eigenvalue weighted by molar-refractivity contribution is -0.228. The molecule has 0 aromatic rings. The van der Waals surface area contributed by atoms with Gasteiger partial charge < -0.3 is 14.6 Å². The third-order valence-electron chi connectivity index (χ3n) is 9.98. The molecule has 8 atom stereocenters. The molecule has 0 unspecified atom stereocenters. The quantitative estimate of drug-likeness (QED) is 0.503. The number of aliphatic hydroxyl groups excluding tert-OH is 1. The largest absolute Gasteiger partial charge is 0.457 e. The summed E-state index contributed by atoms with van der Waals surface area (Å²) < 4.78 is 28.7. The number of carbonyl (C=O) groups excluding carboxylic acids is 4. The highest BCUT2D eigenvalue weighted by Crippen LogP contribution is 2.71. The van der Waals surface area contributed by atoms with Crippen LogP contribution < -0.4 is 0 Å². The summed E-state index contributed by atoms with van der Waals surface area (Å²) in [6, 6.07) is 0. The molecule has 0 aliphatic heterocycles. The average Bonchev–Trinajstić information content (AvgIpc) is 3.05. The number of esters is 2. The first kappa shape index (κ1) is 27.7. The number of alkyl halides is 1. The molecule has 0 aromatic carbocycles. The number of hydrogen-bond donors (Lipinski definition) is 1. The standard InChI is InChI=1S/C29H39FO7/c1-6-8-25(35)37-29(23(33)16-36-24(34)7-2)17(3)13-21-20-10-9-18-14-19(31)11-12-26(18,4)28(20,30)22(32)15-27(21,29)5/h11-12,14,17,20-22,32H,6-10,13,15-16H2,1-5H3/t17-,20-,21-,22-,26+,27+,28+,29+/m0/s1. The van der Waals surface area contributed by atoms with E-state index in [1.54, 1.807) is 19.9 Å². The molecule has 0 radical (unpaired) electrons. The van der Waals surface area contributed by atoms with Crippen molar-refractivity contribution in [1.82, 2.24) is 0 Å². The first-order valence-electron chi connectivity index (χ1n) is 13.5. The minimum atomic E-state index is -2.06. The molecule has 0 spiro atoms. The van der Waals surface area contributed by atoms with E-state index in [9.17, 15) is 24.3 Å². The zero-order valence-electron chi connectivity index (χ0n) is 22.5. The highest BCUT2D eigenvalue weighted by molar-refractivity contribution is 6.01. The fourth-order valence-electron chi connectivity index (χ4n) is 8.19. The number of rotatable bonds is 7. The molecule has 4 rings (SSSR count). The van der Waals surface area contributed by atoms with E-state index in [0.717, 1.165) is 0 Å². The molecule has 0 aromatic heterocycles. The van der Waals surface area contributed by atoms with Crippen LogP contribution in [-0.2, 0) is 28.7 Å². The van der Waals surface area contributed by atoms with Gasteiger partial charge in [-0.25, -0.2) is 4.39 Å². The predicted molar refractivity (Wildman–Crippen MR) is 133 cm³/mol. The maximum atomic E-state index is 17.4. The summed E-state index contributed by atoms with van der Waals surface area (Å²) in [6.45, 7) is 8.29. The summed E-state index contributed by atoms with van der Waals surface area (Å²) in [5.74, 6) is -3.26. The van der Waals surface area contributed by atoms with Crippen molar-refractivity contribution in [3.63, 3.8) is 0 Å². The van der Waals surface area contributed by atoms with E-state index >= 15 is 4.39 Å². The SMILES string of the molecule is CCCC(=O)O[C@@]1(C(=O)COC(=O)CC)[C@@H](C)C[C@H]2[C@@H]3CCC4=CC(=O)C=C[C@@]4(C)[C@]3(F)[C@@H](O)C[C@]21C. The van der Waals surface area contributed by atoms with E-state index in [2.05, 4.69) is 0 Å². The van der Waals surface area contributed by atoms with Gasteiger partial charge in [0.25, 0.3) is 0 Å². The summed E-state index contributed by atoms with van der Waals surface area (Å²) in [5.41, 5.74) is -5.26. The van der Waals surface area contributed by atoms with Crippen LogP contribution in [-0.4, -0.2) is 52.6 Å². The Balaban J connectivity index is 1.80. The average molecular weight is 519 g/mol. The van der Waals surface area contributed by atoms with Crippen LogP contribution in [0, 0.1) is 28.6 Å². The van der Waals surface area contributed by atoms with Crippen LogP contribution in [0.3, 0.4) is 0 Å². The first-order chi connectivity index (χ1) is 17.3. The summed E-state index contributed by atoms with van der Waals surface area (Å²) >= 11 is 0. The monoisotopic (exact) mass is 518 g/mol. The molecular formula is C29H39FO7. The van der Waals surface area contributed by atoms with Crippen molar-refractivity contribution in [3.05, 3.63) is 23.8 Å². The van der Waals surface area contributed by atoms with Gasteiger partial charge in [-0.15, -0.1) is 0 Å². The molecule has 1 N–H and O–H groups in total. The maximum Gasteiger partial charge on any atom is 0.306 e. The molecule has 0 saturated heterocycles. The van der Waals surface area contributed by atoms with Gasteiger partial charge in [0.05, 0.1) is 6.10 Å². The molecule has 7 nitrogen and oxygen atoms in total. The van der Waals surface area contributed by atoms with Gasteiger partial charge in [0.15, 0.2) is 23.7 Å². The van der Waals surface area contributed by atoms with Crippen molar-refractivity contribution in [1.29, 1.82) is 0 Å². The minimum Gasteiger partial charge on any atom is -0.457 e. The fraction of sp³-hybridized carbons (Fsp3) is 0.724. The molecule has 0 heterocycles. The van der Waals surface area contributed by atoms with Gasteiger partial charge in [0, 0.05) is 35.5 Å². The third-order valence-corrected chi connectivity index (χ3v) is 9.98. The Hall–Kier alpha value is -2.35. The number of fused-ring (bicyclic) bond motifs is 5. The number of hydrogen-bond acceptors (Lipinski definition) is 7. The molecule has 8 heteroatoms. The van der Waals surface area contributed by atoms with Crippen LogP contribution in [0.25, 0.3) is 0 Å². The van der Waals surface area contributed by atoms with E-state index in [1.165, 1.54) is 12.2 Å². The number of allylic oxidation sites excluding steroid dienone is 4. The Bertz CT molecular complexity index is 1060. The van der Waals surface area contributed by atoms with E-state index in [1.807, 2.05) is 20.8 Å². The van der Waals surface area contributed by atoms with Gasteiger partial charge in [-0.05, 0) is 57.1 Å². The number of aliphatic hydroxyl groups is 1. The molecule has 37 heavy (non-hydrogen) atoms. The molecule has 0 amide bonds. The zero-order valence-corrected chi connectivity index (χ0v) is 22.5. The van der Waals surface area contributed by atoms with Crippen molar-refractivity contribution in [2.75, 3.05) is 6.61 Å². The van der Waals surface area contributed by atoms with Crippen LogP contribution in [0.1, 0.15) is 79.6 Å². The smallest absolute Gasteiger partial charge is 0.306 e. The molecule has 0 bridgehead atoms. The molecule has 3 saturated carbocycles. The lowest BCUT2D eigenvalue weighted by Crippen LogP contribution is -2.70. The minimum absolute atomic E-state index is 0.0982. The van der Waals surface area contributed by atoms with Gasteiger partial charge in [-0.2, -0.15) is 0 Å². The van der Waals surface area contributed by atoms with Crippen molar-refractivity contribution in [2.24, 2.45) is 28.6 Å². The summed E-state index contributed by atoms with van der Waals surface area (Å²) in [5, 5.41) is 11.6. The lowest BCUT2D eigenvalue weighted by Gasteiger charge is -2.62. The molecule has 3 fully saturated rings. The molecule has 4 aliphatic carbocycles. The van der Waals surface area contributed by atoms with Crippen LogP contribution >= 0.6 is 0 Å². The van der Waals surface area contributed by atoms with Crippen molar-refractivity contribution < 1.29 is 38.1 Å². The van der Waals surface area contributed by atoms with Crippen molar-refractivity contribution >= 4 is 23.5 Å². The Morgan fingerprint density at radius 1 is 1.16 bits per heavy atom. The first-order valence-corrected chi connectivity index (χ1v) is 13.5. The summed E-state index contributed by atoms with van der Waals surface area (Å²) in [4.78, 5) is 50.7. The zero-order chi connectivity index (χ0) is 27.4. The van der Waals surface area contributed by atoms with Crippen LogP contribution in [0.15, 0.2) is 23.8 Å². The van der Waals surface area contributed by atoms with Crippen molar-refractivity contribution in [3.8, 4) is 0 Å². The lowest BCUT2D eigenvalue weighted by atomic mass is 9.44. The fourth-order valence-corrected chi connectivity index (χ4v) is 8.19. The molecule has 204 valence electrons. The van der Waals surface area contributed by atoms with Gasteiger partial charge >= 0.3 is 11.9 Å². The van der Waals surface area contributed by atoms with Crippen molar-refractivity contribution in [2.45, 2.75) is 96.9 Å². The molecule has 4 aliphatic rings. The second-order valence-corrected chi connectivity index (χ2v) is 11.8. The van der Waals surface area contributed by atoms with Crippen LogP contribution in [0.4, 0.5) is 4.39 Å². The Labute approximate surface area is 217 Å². The predicted octanol–water partition coefficient (Wildman–Crippen LogP) is 4.21. The number of ether oxygens (including phenoxy) is 2. The van der Waals surface area contributed by atoms with Gasteiger partial charge in [0.2, 0.25) is 5.78 Å². The van der Waals surface area contributed by atoms with Gasteiger partial charge in [-0.3, -0.25) is 19.2 Å². The third kappa shape index (κ3) is 3.76. The van der Waals surface area contributed by atoms with Gasteiger partial charge in [0.1, 0.15) is 0 Å². The van der Waals surface area contributed by atoms with E-state index in [-0.39, 0.29) is 31.0 Å². The van der Waals surface area contributed by atoms with E-state index < -0.39 is 64.4 Å². The van der Waals surface area contributed by atoms with Gasteiger partial charge in [-0.1, -0.05) is 39.3 Å². The Kier molecular flexibility index (Phi) is 7.06. The second kappa shape index (κ2) is 9.44. The number of carbonyl (C=O) groups is 4. The Morgan fingerprint density at radius 2 is 1.86 bits per heavy atom. The highest BCUT2D eigenvalue weighted by Gasteiger charge is 2.77. The normalized spacial score (nSPS) is 42.2.